The molecule has 3 rings (SSSR count). The maximum Gasteiger partial charge on any atom is 0.258 e. The fraction of sp³-hybridized carbons (Fsp3) is 0.353. The average Bonchev–Trinajstić information content (AvgIpc) is 3.26. The van der Waals surface area contributed by atoms with Crippen molar-refractivity contribution in [1.82, 2.24) is 4.90 Å². The van der Waals surface area contributed by atoms with Crippen LogP contribution in [0.5, 0.6) is 0 Å². The molecule has 0 aromatic carbocycles. The van der Waals surface area contributed by atoms with E-state index in [9.17, 15) is 14.4 Å². The number of nitrogens with zero attached hydrogens (tertiary/aromatic N) is 1. The molecule has 2 aromatic rings. The minimum atomic E-state index is -0.433. The summed E-state index contributed by atoms with van der Waals surface area (Å²) in [7, 11) is 0. The number of ketones is 1. The van der Waals surface area contributed by atoms with Crippen LogP contribution in [0.1, 0.15) is 55.6 Å². The number of amides is 2. The molecular formula is C17H18N2O3S2. The van der Waals surface area contributed by atoms with Crippen molar-refractivity contribution in [3.8, 4) is 0 Å². The number of hydrogen-bond acceptors (Lipinski definition) is 5. The van der Waals surface area contributed by atoms with Crippen LogP contribution in [0.3, 0.4) is 0 Å². The van der Waals surface area contributed by atoms with Gasteiger partial charge in [-0.1, -0.05) is 0 Å². The maximum absolute atomic E-state index is 12.7. The van der Waals surface area contributed by atoms with Gasteiger partial charge in [-0.2, -0.15) is 0 Å². The van der Waals surface area contributed by atoms with E-state index in [4.69, 9.17) is 5.73 Å². The van der Waals surface area contributed by atoms with Crippen LogP contribution in [0.4, 0.5) is 0 Å². The zero-order valence-electron chi connectivity index (χ0n) is 13.3. The predicted octanol–water partition coefficient (Wildman–Crippen LogP) is 3.02. The molecule has 0 aliphatic carbocycles. The van der Waals surface area contributed by atoms with E-state index in [2.05, 4.69) is 0 Å². The van der Waals surface area contributed by atoms with Gasteiger partial charge in [0.15, 0.2) is 5.78 Å². The van der Waals surface area contributed by atoms with E-state index in [1.54, 1.807) is 12.1 Å². The second-order valence-electron chi connectivity index (χ2n) is 5.86. The largest absolute Gasteiger partial charge is 0.365 e. The van der Waals surface area contributed by atoms with Gasteiger partial charge < -0.3 is 10.6 Å². The second-order valence-corrected chi connectivity index (χ2v) is 7.89. The Morgan fingerprint density at radius 1 is 1.29 bits per heavy atom. The molecule has 24 heavy (non-hydrogen) atoms. The molecule has 0 spiro atoms. The van der Waals surface area contributed by atoms with Crippen LogP contribution in [0.2, 0.25) is 0 Å². The predicted molar refractivity (Wildman–Crippen MR) is 94.6 cm³/mol. The molecule has 1 fully saturated rings. The summed E-state index contributed by atoms with van der Waals surface area (Å²) >= 11 is 2.74. The number of nitrogens with two attached hydrogens (primary N) is 1. The first kappa shape index (κ1) is 16.9. The Hall–Kier alpha value is -1.99. The van der Waals surface area contributed by atoms with Gasteiger partial charge in [0, 0.05) is 11.4 Å². The lowest BCUT2D eigenvalue weighted by Crippen LogP contribution is -2.31. The zero-order valence-corrected chi connectivity index (χ0v) is 14.9. The quantitative estimate of drug-likeness (QED) is 0.830. The molecule has 126 valence electrons. The Kier molecular flexibility index (Phi) is 4.82. The number of thiophene rings is 2. The zero-order chi connectivity index (χ0) is 17.3. The van der Waals surface area contributed by atoms with Crippen molar-refractivity contribution >= 4 is 40.3 Å². The number of likely N-dealkylation sites (tertiary alicyclic amines) is 1. The van der Waals surface area contributed by atoms with Crippen molar-refractivity contribution < 1.29 is 14.4 Å². The van der Waals surface area contributed by atoms with Gasteiger partial charge in [0.25, 0.3) is 5.91 Å². The molecule has 1 atom stereocenters. The molecule has 1 unspecified atom stereocenters. The third-order valence-electron chi connectivity index (χ3n) is 4.13. The molecule has 5 nitrogen and oxygen atoms in total. The van der Waals surface area contributed by atoms with E-state index < -0.39 is 5.91 Å². The van der Waals surface area contributed by atoms with E-state index in [1.807, 2.05) is 16.3 Å². The molecule has 1 aliphatic heterocycles. The number of carbonyl (C=O) groups is 3. The topological polar surface area (TPSA) is 80.5 Å². The smallest absolute Gasteiger partial charge is 0.258 e. The van der Waals surface area contributed by atoms with Crippen LogP contribution in [0.25, 0.3) is 0 Å². The first-order chi connectivity index (χ1) is 11.5. The summed E-state index contributed by atoms with van der Waals surface area (Å²) in [5.74, 6) is -0.355. The second kappa shape index (κ2) is 6.86. The first-order valence-electron chi connectivity index (χ1n) is 7.73. The van der Waals surface area contributed by atoms with Crippen LogP contribution in [-0.2, 0) is 11.2 Å². The molecule has 0 radical (unpaired) electrons. The highest BCUT2D eigenvalue weighted by Crippen LogP contribution is 2.36. The van der Waals surface area contributed by atoms with Gasteiger partial charge in [0.1, 0.15) is 0 Å². The van der Waals surface area contributed by atoms with Gasteiger partial charge >= 0.3 is 0 Å². The highest BCUT2D eigenvalue weighted by molar-refractivity contribution is 7.14. The summed E-state index contributed by atoms with van der Waals surface area (Å²) in [6, 6.07) is 5.43. The number of rotatable bonds is 5. The Morgan fingerprint density at radius 2 is 2.08 bits per heavy atom. The molecule has 3 heterocycles. The molecule has 2 N–H and O–H groups in total. The van der Waals surface area contributed by atoms with E-state index >= 15 is 0 Å². The minimum Gasteiger partial charge on any atom is -0.365 e. The van der Waals surface area contributed by atoms with Crippen LogP contribution < -0.4 is 5.73 Å². The molecule has 1 aliphatic rings. The van der Waals surface area contributed by atoms with Gasteiger partial charge in [-0.3, -0.25) is 14.4 Å². The van der Waals surface area contributed by atoms with Crippen molar-refractivity contribution in [1.29, 1.82) is 0 Å². The Labute approximate surface area is 148 Å². The van der Waals surface area contributed by atoms with Crippen molar-refractivity contribution in [2.75, 3.05) is 6.54 Å². The summed E-state index contributed by atoms with van der Waals surface area (Å²) in [6.45, 7) is 2.25. The van der Waals surface area contributed by atoms with Gasteiger partial charge in [0.05, 0.1) is 22.2 Å². The van der Waals surface area contributed by atoms with Crippen molar-refractivity contribution in [3.05, 3.63) is 43.8 Å². The van der Waals surface area contributed by atoms with Crippen LogP contribution in [0.15, 0.2) is 23.6 Å². The lowest BCUT2D eigenvalue weighted by atomic mass is 10.1. The third-order valence-corrected chi connectivity index (χ3v) is 6.41. The fourth-order valence-electron chi connectivity index (χ4n) is 2.95. The number of hydrogen-bond donors (Lipinski definition) is 1. The summed E-state index contributed by atoms with van der Waals surface area (Å²) in [5.41, 5.74) is 6.19. The van der Waals surface area contributed by atoms with E-state index in [1.165, 1.54) is 29.6 Å². The maximum atomic E-state index is 12.7. The molecule has 2 amide bonds. The third kappa shape index (κ3) is 3.42. The van der Waals surface area contributed by atoms with Gasteiger partial charge in [-0.05, 0) is 48.9 Å². The van der Waals surface area contributed by atoms with E-state index in [0.717, 1.165) is 29.8 Å². The van der Waals surface area contributed by atoms with Crippen molar-refractivity contribution in [2.45, 2.75) is 32.2 Å². The molecule has 2 aromatic heterocycles. The van der Waals surface area contributed by atoms with E-state index in [0.29, 0.717) is 16.2 Å². The van der Waals surface area contributed by atoms with Crippen molar-refractivity contribution in [2.24, 2.45) is 5.73 Å². The summed E-state index contributed by atoms with van der Waals surface area (Å²) in [6.07, 6.45) is 2.14. The first-order valence-corrected chi connectivity index (χ1v) is 9.42. The van der Waals surface area contributed by atoms with E-state index in [-0.39, 0.29) is 17.7 Å². The SMILES string of the molecule is CC(=O)c1cc(CC(=O)N2CCCC2c2ccc(C(N)=O)s2)cs1. The molecule has 0 saturated carbocycles. The van der Waals surface area contributed by atoms with Crippen LogP contribution >= 0.6 is 22.7 Å². The normalized spacial score (nSPS) is 17.2. The average molecular weight is 362 g/mol. The number of carbonyl (C=O) groups excluding carboxylic acids is 3. The number of Topliss-reactive ketones (excluding diaryl/α,β-unsaturated/α-hetero) is 1. The summed E-state index contributed by atoms with van der Waals surface area (Å²) in [5, 5.41) is 1.87. The Balaban J connectivity index is 1.72. The molecular weight excluding hydrogens is 344 g/mol. The lowest BCUT2D eigenvalue weighted by Gasteiger charge is -2.23. The van der Waals surface area contributed by atoms with Crippen LogP contribution in [-0.4, -0.2) is 29.0 Å². The Bertz CT molecular complexity index is 793. The lowest BCUT2D eigenvalue weighted by molar-refractivity contribution is -0.131. The molecule has 0 bridgehead atoms. The van der Waals surface area contributed by atoms with Crippen molar-refractivity contribution in [3.63, 3.8) is 0 Å². The number of primary amides is 1. The summed E-state index contributed by atoms with van der Waals surface area (Å²) < 4.78 is 0. The highest BCUT2D eigenvalue weighted by atomic mass is 32.1. The van der Waals surface area contributed by atoms with Gasteiger partial charge in [-0.25, -0.2) is 0 Å². The molecule has 7 heteroatoms. The van der Waals surface area contributed by atoms with Gasteiger partial charge in [-0.15, -0.1) is 22.7 Å². The standard InChI is InChI=1S/C17H18N2O3S2/c1-10(20)15-7-11(9-23-15)8-16(21)19-6-2-3-12(19)13-4-5-14(24-13)17(18)22/h4-5,7,9,12H,2-3,6,8H2,1H3,(H2,18,22). The summed E-state index contributed by atoms with van der Waals surface area (Å²) in [4.78, 5) is 39.4. The monoisotopic (exact) mass is 362 g/mol. The fourth-order valence-corrected chi connectivity index (χ4v) is 4.78. The Morgan fingerprint density at radius 3 is 2.71 bits per heavy atom. The minimum absolute atomic E-state index is 0.0153. The van der Waals surface area contributed by atoms with Gasteiger partial charge in [0.2, 0.25) is 5.91 Å². The molecule has 1 saturated heterocycles. The highest BCUT2D eigenvalue weighted by Gasteiger charge is 2.31. The van der Waals surface area contributed by atoms with Crippen LogP contribution in [0, 0.1) is 0 Å².